The van der Waals surface area contributed by atoms with Gasteiger partial charge in [-0.25, -0.2) is 0 Å². The maximum Gasteiger partial charge on any atom is 0.122 e. The van der Waals surface area contributed by atoms with Crippen molar-refractivity contribution in [2.75, 3.05) is 13.2 Å². The molecule has 1 unspecified atom stereocenters. The molecule has 1 aromatic rings. The van der Waals surface area contributed by atoms with Crippen molar-refractivity contribution < 1.29 is 4.74 Å². The first-order chi connectivity index (χ1) is 9.29. The molecule has 0 radical (unpaired) electrons. The van der Waals surface area contributed by atoms with Gasteiger partial charge in [0.25, 0.3) is 0 Å². The van der Waals surface area contributed by atoms with E-state index in [1.54, 1.807) is 11.1 Å². The van der Waals surface area contributed by atoms with Gasteiger partial charge in [-0.05, 0) is 48.8 Å². The minimum atomic E-state index is 0.699. The first kappa shape index (κ1) is 13.1. The molecule has 2 aliphatic rings. The fourth-order valence-electron chi connectivity index (χ4n) is 3.31. The van der Waals surface area contributed by atoms with Gasteiger partial charge in [-0.15, -0.1) is 0 Å². The van der Waals surface area contributed by atoms with Gasteiger partial charge >= 0.3 is 0 Å². The molecule has 0 bridgehead atoms. The predicted molar refractivity (Wildman–Crippen MR) is 83.6 cm³/mol. The summed E-state index contributed by atoms with van der Waals surface area (Å²) in [6.07, 6.45) is 5.84. The number of aliphatic imine (C=N–C) groups is 1. The molecule has 0 saturated heterocycles. The molecular weight excluding hydrogens is 253 g/mol. The molecule has 0 fully saturated rings. The van der Waals surface area contributed by atoms with Gasteiger partial charge in [0.2, 0.25) is 0 Å². The number of hydrogen-bond donors (Lipinski definition) is 0. The van der Waals surface area contributed by atoms with Crippen molar-refractivity contribution in [3.63, 3.8) is 0 Å². The second kappa shape index (κ2) is 5.63. The van der Waals surface area contributed by atoms with E-state index in [9.17, 15) is 0 Å². The highest BCUT2D eigenvalue weighted by Crippen LogP contribution is 2.43. The van der Waals surface area contributed by atoms with Crippen LogP contribution in [0.15, 0.2) is 17.1 Å². The van der Waals surface area contributed by atoms with Crippen LogP contribution in [-0.2, 0) is 12.8 Å². The summed E-state index contributed by atoms with van der Waals surface area (Å²) in [4.78, 5) is 4.62. The van der Waals surface area contributed by atoms with E-state index in [-0.39, 0.29) is 0 Å². The summed E-state index contributed by atoms with van der Waals surface area (Å²) in [6, 6.07) is 4.44. The zero-order chi connectivity index (χ0) is 13.2. The van der Waals surface area contributed by atoms with Crippen molar-refractivity contribution in [3.05, 3.63) is 28.8 Å². The lowest BCUT2D eigenvalue weighted by Gasteiger charge is -2.14. The van der Waals surface area contributed by atoms with Crippen molar-refractivity contribution in [2.24, 2.45) is 4.99 Å². The van der Waals surface area contributed by atoms with E-state index in [0.29, 0.717) is 5.92 Å². The monoisotopic (exact) mass is 275 g/mol. The lowest BCUT2D eigenvalue weighted by molar-refractivity contribution is 0.357. The van der Waals surface area contributed by atoms with Gasteiger partial charge in [-0.1, -0.05) is 22.2 Å². The van der Waals surface area contributed by atoms with Crippen LogP contribution in [0.4, 0.5) is 0 Å². The molecule has 0 spiro atoms. The minimum Gasteiger partial charge on any atom is -0.493 e. The number of benzene rings is 1. The molecule has 0 aromatic heterocycles. The zero-order valence-corrected chi connectivity index (χ0v) is 12.8. The SMILES string of the molecule is CCC(P)=NCC[C@@H]1CCc2ccc3c(c21)CCO3. The Morgan fingerprint density at radius 1 is 1.42 bits per heavy atom. The molecule has 0 N–H and O–H groups in total. The van der Waals surface area contributed by atoms with E-state index in [2.05, 4.69) is 33.3 Å². The topological polar surface area (TPSA) is 21.6 Å². The van der Waals surface area contributed by atoms with Crippen molar-refractivity contribution >= 4 is 14.7 Å². The number of hydrogen-bond acceptors (Lipinski definition) is 2. The third kappa shape index (κ3) is 2.56. The predicted octanol–water partition coefficient (Wildman–Crippen LogP) is 3.73. The summed E-state index contributed by atoms with van der Waals surface area (Å²) >= 11 is 0. The average molecular weight is 275 g/mol. The van der Waals surface area contributed by atoms with E-state index in [4.69, 9.17) is 4.74 Å². The number of nitrogens with zero attached hydrogens (tertiary/aromatic N) is 1. The maximum atomic E-state index is 5.70. The molecule has 1 aliphatic heterocycles. The molecule has 2 nitrogen and oxygen atoms in total. The van der Waals surface area contributed by atoms with Crippen LogP contribution in [-0.4, -0.2) is 18.6 Å². The van der Waals surface area contributed by atoms with Crippen LogP contribution in [0.5, 0.6) is 5.75 Å². The fraction of sp³-hybridized carbons (Fsp3) is 0.562. The molecule has 3 heteroatoms. The summed E-state index contributed by atoms with van der Waals surface area (Å²) < 4.78 is 5.70. The van der Waals surface area contributed by atoms with Crippen molar-refractivity contribution in [3.8, 4) is 5.75 Å². The van der Waals surface area contributed by atoms with Gasteiger partial charge in [-0.2, -0.15) is 0 Å². The molecule has 1 aromatic carbocycles. The molecule has 0 amide bonds. The highest BCUT2D eigenvalue weighted by molar-refractivity contribution is 7.40. The van der Waals surface area contributed by atoms with Gasteiger partial charge in [0.15, 0.2) is 0 Å². The Kier molecular flexibility index (Phi) is 3.88. The highest BCUT2D eigenvalue weighted by Gasteiger charge is 2.28. The van der Waals surface area contributed by atoms with E-state index >= 15 is 0 Å². The van der Waals surface area contributed by atoms with Crippen LogP contribution in [0.1, 0.15) is 48.8 Å². The number of rotatable bonds is 4. The van der Waals surface area contributed by atoms with Gasteiger partial charge in [0.05, 0.1) is 6.61 Å². The third-order valence-electron chi connectivity index (χ3n) is 4.34. The molecule has 2 atom stereocenters. The van der Waals surface area contributed by atoms with Crippen LogP contribution >= 0.6 is 9.24 Å². The Morgan fingerprint density at radius 3 is 3.16 bits per heavy atom. The second-order valence-corrected chi connectivity index (χ2v) is 6.13. The zero-order valence-electron chi connectivity index (χ0n) is 11.6. The Balaban J connectivity index is 1.76. The van der Waals surface area contributed by atoms with Gasteiger partial charge < -0.3 is 4.74 Å². The van der Waals surface area contributed by atoms with E-state index in [0.717, 1.165) is 31.7 Å². The van der Waals surface area contributed by atoms with E-state index < -0.39 is 0 Å². The summed E-state index contributed by atoms with van der Waals surface area (Å²) in [5, 5.41) is 0. The normalized spacial score (nSPS) is 21.2. The molecular formula is C16H22NOP. The van der Waals surface area contributed by atoms with Crippen molar-refractivity contribution in [2.45, 2.75) is 44.9 Å². The fourth-order valence-corrected chi connectivity index (χ4v) is 3.44. The summed E-state index contributed by atoms with van der Waals surface area (Å²) in [5.74, 6) is 1.83. The quantitative estimate of drug-likeness (QED) is 0.606. The average Bonchev–Trinajstić information content (AvgIpc) is 3.03. The van der Waals surface area contributed by atoms with Crippen molar-refractivity contribution in [1.29, 1.82) is 0 Å². The molecule has 3 rings (SSSR count). The van der Waals surface area contributed by atoms with Gasteiger partial charge in [0.1, 0.15) is 5.75 Å². The lowest BCUT2D eigenvalue weighted by atomic mass is 9.92. The Hall–Kier alpha value is -0.880. The third-order valence-corrected chi connectivity index (χ3v) is 4.93. The lowest BCUT2D eigenvalue weighted by Crippen LogP contribution is -2.00. The Morgan fingerprint density at radius 2 is 2.32 bits per heavy atom. The summed E-state index contributed by atoms with van der Waals surface area (Å²) in [6.45, 7) is 3.98. The molecule has 1 aliphatic carbocycles. The second-order valence-electron chi connectivity index (χ2n) is 5.46. The summed E-state index contributed by atoms with van der Waals surface area (Å²) in [5.41, 5.74) is 5.84. The Labute approximate surface area is 117 Å². The van der Waals surface area contributed by atoms with Crippen LogP contribution in [0.25, 0.3) is 0 Å². The van der Waals surface area contributed by atoms with Gasteiger partial charge in [0, 0.05) is 24.0 Å². The smallest absolute Gasteiger partial charge is 0.122 e. The molecule has 1 heterocycles. The van der Waals surface area contributed by atoms with Gasteiger partial charge in [-0.3, -0.25) is 4.99 Å². The van der Waals surface area contributed by atoms with Crippen molar-refractivity contribution in [1.82, 2.24) is 0 Å². The molecule has 102 valence electrons. The Bertz CT molecular complexity index is 510. The van der Waals surface area contributed by atoms with E-state index in [1.165, 1.54) is 30.3 Å². The maximum absolute atomic E-state index is 5.70. The van der Waals surface area contributed by atoms with Crippen LogP contribution in [0.3, 0.4) is 0 Å². The molecule has 0 saturated carbocycles. The largest absolute Gasteiger partial charge is 0.493 e. The first-order valence-corrected chi connectivity index (χ1v) is 7.93. The van der Waals surface area contributed by atoms with E-state index in [1.807, 2.05) is 0 Å². The number of fused-ring (bicyclic) bond motifs is 3. The van der Waals surface area contributed by atoms with Crippen LogP contribution < -0.4 is 4.74 Å². The van der Waals surface area contributed by atoms with Crippen LogP contribution in [0, 0.1) is 0 Å². The van der Waals surface area contributed by atoms with Crippen LogP contribution in [0.2, 0.25) is 0 Å². The standard InChI is InChI=1S/C16H22NOP/c1-2-15(19)17-9-7-12-4-3-11-5-6-14-13(16(11)12)8-10-18-14/h5-6,12H,2-4,7-10,19H2,1H3/t12-/m0/s1. The highest BCUT2D eigenvalue weighted by atomic mass is 31.0. The molecule has 19 heavy (non-hydrogen) atoms. The number of ether oxygens (including phenoxy) is 1. The number of aryl methyl sites for hydroxylation is 1. The first-order valence-electron chi connectivity index (χ1n) is 7.35. The minimum absolute atomic E-state index is 0.699. The summed E-state index contributed by atoms with van der Waals surface area (Å²) in [7, 11) is 2.74.